The van der Waals surface area contributed by atoms with Gasteiger partial charge >= 0.3 is 0 Å². The summed E-state index contributed by atoms with van der Waals surface area (Å²) < 4.78 is 7.16. The fourth-order valence-corrected chi connectivity index (χ4v) is 1.60. The topological polar surface area (TPSA) is 66.0 Å². The van der Waals surface area contributed by atoms with Gasteiger partial charge in [0.25, 0.3) is 0 Å². The van der Waals surface area contributed by atoms with E-state index in [4.69, 9.17) is 10.5 Å². The molecule has 0 bridgehead atoms. The first-order valence-electron chi connectivity index (χ1n) is 4.98. The van der Waals surface area contributed by atoms with E-state index in [2.05, 4.69) is 10.1 Å². The maximum Gasteiger partial charge on any atom is 0.166 e. The summed E-state index contributed by atoms with van der Waals surface area (Å²) in [6.45, 7) is 4.49. The molecule has 0 saturated carbocycles. The molecule has 5 nitrogen and oxygen atoms in total. The fourth-order valence-electron chi connectivity index (χ4n) is 1.60. The van der Waals surface area contributed by atoms with Crippen molar-refractivity contribution in [1.29, 1.82) is 0 Å². The molecule has 78 valence electrons. The third-order valence-electron chi connectivity index (χ3n) is 2.43. The number of hydrogen-bond acceptors (Lipinski definition) is 4. The first-order valence-corrected chi connectivity index (χ1v) is 4.98. The molecular formula is C9H16N4O. The summed E-state index contributed by atoms with van der Waals surface area (Å²) in [5.74, 6) is 1.29. The minimum absolute atomic E-state index is 0.0870. The van der Waals surface area contributed by atoms with Crippen LogP contribution in [0.1, 0.15) is 25.2 Å². The van der Waals surface area contributed by atoms with Crippen LogP contribution in [0.3, 0.4) is 0 Å². The van der Waals surface area contributed by atoms with Crippen LogP contribution in [0.4, 0.5) is 0 Å². The summed E-state index contributed by atoms with van der Waals surface area (Å²) in [4.78, 5) is 4.14. The van der Waals surface area contributed by atoms with Crippen molar-refractivity contribution >= 4 is 0 Å². The molecule has 2 N–H and O–H groups in total. The van der Waals surface area contributed by atoms with E-state index in [0.717, 1.165) is 26.2 Å². The molecule has 0 radical (unpaired) electrons. The molecule has 0 spiro atoms. The molecule has 1 aliphatic rings. The summed E-state index contributed by atoms with van der Waals surface area (Å²) in [6.07, 6.45) is 2.87. The van der Waals surface area contributed by atoms with Gasteiger partial charge in [0.2, 0.25) is 0 Å². The van der Waals surface area contributed by atoms with Gasteiger partial charge in [-0.15, -0.1) is 0 Å². The Balaban J connectivity index is 1.95. The fraction of sp³-hybridized carbons (Fsp3) is 0.778. The monoisotopic (exact) mass is 196 g/mol. The van der Waals surface area contributed by atoms with Crippen LogP contribution in [-0.2, 0) is 11.3 Å². The van der Waals surface area contributed by atoms with Crippen LogP contribution in [0.25, 0.3) is 0 Å². The van der Waals surface area contributed by atoms with Crippen LogP contribution >= 0.6 is 0 Å². The second kappa shape index (κ2) is 4.06. The average molecular weight is 196 g/mol. The molecule has 1 fully saturated rings. The van der Waals surface area contributed by atoms with Crippen LogP contribution in [0.2, 0.25) is 0 Å². The molecular weight excluding hydrogens is 180 g/mol. The second-order valence-corrected chi connectivity index (χ2v) is 3.84. The molecule has 2 rings (SSSR count). The van der Waals surface area contributed by atoms with Gasteiger partial charge in [0.05, 0.1) is 12.6 Å². The Bertz CT molecular complexity index is 291. The van der Waals surface area contributed by atoms with E-state index in [1.165, 1.54) is 0 Å². The highest BCUT2D eigenvalue weighted by atomic mass is 16.5. The Morgan fingerprint density at radius 1 is 1.79 bits per heavy atom. The largest absolute Gasteiger partial charge is 0.381 e. The van der Waals surface area contributed by atoms with Crippen LogP contribution in [0.5, 0.6) is 0 Å². The summed E-state index contributed by atoms with van der Waals surface area (Å²) in [7, 11) is 0. The maximum absolute atomic E-state index is 5.67. The van der Waals surface area contributed by atoms with Crippen molar-refractivity contribution in [3.8, 4) is 0 Å². The van der Waals surface area contributed by atoms with Gasteiger partial charge in [-0.25, -0.2) is 4.98 Å². The number of rotatable bonds is 3. The average Bonchev–Trinajstić information content (AvgIpc) is 2.75. The normalized spacial score (nSPS) is 24.0. The van der Waals surface area contributed by atoms with Crippen molar-refractivity contribution in [3.05, 3.63) is 12.2 Å². The Morgan fingerprint density at radius 3 is 3.21 bits per heavy atom. The molecule has 0 aromatic carbocycles. The van der Waals surface area contributed by atoms with Crippen LogP contribution in [-0.4, -0.2) is 28.0 Å². The highest BCUT2D eigenvalue weighted by Gasteiger charge is 2.17. The van der Waals surface area contributed by atoms with Gasteiger partial charge in [0.1, 0.15) is 6.33 Å². The van der Waals surface area contributed by atoms with E-state index in [1.807, 2.05) is 11.6 Å². The van der Waals surface area contributed by atoms with Crippen molar-refractivity contribution in [2.45, 2.75) is 25.9 Å². The second-order valence-electron chi connectivity index (χ2n) is 3.84. The Morgan fingerprint density at radius 2 is 2.64 bits per heavy atom. The molecule has 0 aliphatic carbocycles. The Hall–Kier alpha value is -0.940. The van der Waals surface area contributed by atoms with Crippen LogP contribution < -0.4 is 5.73 Å². The van der Waals surface area contributed by atoms with Crippen molar-refractivity contribution in [2.24, 2.45) is 11.7 Å². The summed E-state index contributed by atoms with van der Waals surface area (Å²) >= 11 is 0. The summed E-state index contributed by atoms with van der Waals surface area (Å²) in [5, 5.41) is 4.30. The first-order chi connectivity index (χ1) is 6.75. The number of nitrogens with two attached hydrogens (primary N) is 1. The molecule has 1 aromatic heterocycles. The van der Waals surface area contributed by atoms with E-state index < -0.39 is 0 Å². The zero-order chi connectivity index (χ0) is 9.97. The van der Waals surface area contributed by atoms with Gasteiger partial charge in [-0.2, -0.15) is 5.10 Å². The van der Waals surface area contributed by atoms with Gasteiger partial charge in [-0.3, -0.25) is 4.68 Å². The van der Waals surface area contributed by atoms with E-state index in [-0.39, 0.29) is 6.04 Å². The predicted molar refractivity (Wildman–Crippen MR) is 51.6 cm³/mol. The minimum atomic E-state index is -0.0870. The standard InChI is InChI=1S/C9H16N4O/c1-7(10)9-11-6-13(12-9)4-8-2-3-14-5-8/h6-8H,2-5,10H2,1H3. The summed E-state index contributed by atoms with van der Waals surface area (Å²) in [5.41, 5.74) is 5.67. The molecule has 14 heavy (non-hydrogen) atoms. The quantitative estimate of drug-likeness (QED) is 0.756. The van der Waals surface area contributed by atoms with Crippen LogP contribution in [0.15, 0.2) is 6.33 Å². The third kappa shape index (κ3) is 2.10. The molecule has 1 aliphatic heterocycles. The van der Waals surface area contributed by atoms with Gasteiger partial charge in [-0.1, -0.05) is 0 Å². The molecule has 2 unspecified atom stereocenters. The molecule has 1 saturated heterocycles. The third-order valence-corrected chi connectivity index (χ3v) is 2.43. The lowest BCUT2D eigenvalue weighted by molar-refractivity contribution is 0.181. The zero-order valence-corrected chi connectivity index (χ0v) is 8.39. The minimum Gasteiger partial charge on any atom is -0.381 e. The van der Waals surface area contributed by atoms with Crippen molar-refractivity contribution in [1.82, 2.24) is 14.8 Å². The van der Waals surface area contributed by atoms with Crippen molar-refractivity contribution < 1.29 is 4.74 Å². The maximum atomic E-state index is 5.67. The van der Waals surface area contributed by atoms with E-state index in [1.54, 1.807) is 6.33 Å². The van der Waals surface area contributed by atoms with Crippen LogP contribution in [0, 0.1) is 5.92 Å². The van der Waals surface area contributed by atoms with Gasteiger partial charge in [0.15, 0.2) is 5.82 Å². The first kappa shape index (κ1) is 9.61. The molecule has 1 aromatic rings. The van der Waals surface area contributed by atoms with Crippen molar-refractivity contribution in [2.75, 3.05) is 13.2 Å². The van der Waals surface area contributed by atoms with Gasteiger partial charge in [-0.05, 0) is 13.3 Å². The molecule has 2 heterocycles. The summed E-state index contributed by atoms with van der Waals surface area (Å²) in [6, 6.07) is -0.0870. The van der Waals surface area contributed by atoms with Crippen molar-refractivity contribution in [3.63, 3.8) is 0 Å². The molecule has 0 amide bonds. The van der Waals surface area contributed by atoms with E-state index in [9.17, 15) is 0 Å². The highest BCUT2D eigenvalue weighted by molar-refractivity contribution is 4.87. The van der Waals surface area contributed by atoms with E-state index >= 15 is 0 Å². The lowest BCUT2D eigenvalue weighted by Gasteiger charge is -2.06. The Labute approximate surface area is 83.3 Å². The zero-order valence-electron chi connectivity index (χ0n) is 8.39. The van der Waals surface area contributed by atoms with E-state index in [0.29, 0.717) is 11.7 Å². The number of hydrogen-bond donors (Lipinski definition) is 1. The lowest BCUT2D eigenvalue weighted by atomic mass is 10.1. The lowest BCUT2D eigenvalue weighted by Crippen LogP contribution is -2.12. The molecule has 2 atom stereocenters. The highest BCUT2D eigenvalue weighted by Crippen LogP contribution is 2.14. The molecule has 5 heteroatoms. The SMILES string of the molecule is CC(N)c1ncn(CC2CCOC2)n1. The van der Waals surface area contributed by atoms with Gasteiger partial charge < -0.3 is 10.5 Å². The number of nitrogens with zero attached hydrogens (tertiary/aromatic N) is 3. The number of aromatic nitrogens is 3. The van der Waals surface area contributed by atoms with Gasteiger partial charge in [0, 0.05) is 19.1 Å². The smallest absolute Gasteiger partial charge is 0.166 e. The predicted octanol–water partition coefficient (Wildman–Crippen LogP) is 0.334. The Kier molecular flexibility index (Phi) is 2.79. The number of ether oxygens (including phenoxy) is 1.